The molecule has 0 aromatic heterocycles. The standard InChI is InChI=1S/C21H36N2O/c1-20(2,3)17-13-16(14-18(19(17)24)21(4,5)6)15-22-9-12-23-10-7-8-11-23/h13-14,22,24H,7-12,15H2,1-6H3. The van der Waals surface area contributed by atoms with Gasteiger partial charge in [-0.1, -0.05) is 53.7 Å². The summed E-state index contributed by atoms with van der Waals surface area (Å²) in [5.41, 5.74) is 3.24. The van der Waals surface area contributed by atoms with Gasteiger partial charge in [-0.2, -0.15) is 0 Å². The van der Waals surface area contributed by atoms with Gasteiger partial charge in [0.15, 0.2) is 0 Å². The number of hydrogen-bond donors (Lipinski definition) is 2. The molecule has 1 aromatic carbocycles. The van der Waals surface area contributed by atoms with E-state index < -0.39 is 0 Å². The minimum Gasteiger partial charge on any atom is -0.507 e. The predicted octanol–water partition coefficient (Wildman–Crippen LogP) is 4.17. The number of nitrogens with one attached hydrogen (secondary N) is 1. The van der Waals surface area contributed by atoms with Crippen LogP contribution in [0.25, 0.3) is 0 Å². The van der Waals surface area contributed by atoms with Crippen molar-refractivity contribution in [1.29, 1.82) is 0 Å². The average molecular weight is 333 g/mol. The highest BCUT2D eigenvalue weighted by atomic mass is 16.3. The zero-order chi connectivity index (χ0) is 18.0. The molecule has 2 N–H and O–H groups in total. The number of likely N-dealkylation sites (tertiary alicyclic amines) is 1. The Kier molecular flexibility index (Phi) is 5.98. The fraction of sp³-hybridized carbons (Fsp3) is 0.714. The van der Waals surface area contributed by atoms with Gasteiger partial charge in [-0.25, -0.2) is 0 Å². The first-order chi connectivity index (χ1) is 11.1. The van der Waals surface area contributed by atoms with E-state index in [4.69, 9.17) is 0 Å². The molecular formula is C21H36N2O. The van der Waals surface area contributed by atoms with E-state index in [0.29, 0.717) is 5.75 Å². The molecule has 1 aliphatic heterocycles. The second kappa shape index (κ2) is 7.45. The fourth-order valence-corrected chi connectivity index (χ4v) is 3.42. The lowest BCUT2D eigenvalue weighted by Crippen LogP contribution is -2.29. The fourth-order valence-electron chi connectivity index (χ4n) is 3.42. The number of benzene rings is 1. The highest BCUT2D eigenvalue weighted by Crippen LogP contribution is 2.39. The van der Waals surface area contributed by atoms with E-state index in [1.807, 2.05) is 0 Å². The highest BCUT2D eigenvalue weighted by Gasteiger charge is 2.26. The summed E-state index contributed by atoms with van der Waals surface area (Å²) in [5.74, 6) is 0.468. The molecule has 0 unspecified atom stereocenters. The number of hydrogen-bond acceptors (Lipinski definition) is 3. The minimum atomic E-state index is -0.0599. The Bertz CT molecular complexity index is 511. The van der Waals surface area contributed by atoms with Crippen LogP contribution in [0.4, 0.5) is 0 Å². The second-order valence-electron chi connectivity index (χ2n) is 9.27. The van der Waals surface area contributed by atoms with Gasteiger partial charge in [0.05, 0.1) is 0 Å². The van der Waals surface area contributed by atoms with Crippen molar-refractivity contribution in [2.45, 2.75) is 71.8 Å². The Morgan fingerprint density at radius 3 is 1.92 bits per heavy atom. The zero-order valence-corrected chi connectivity index (χ0v) is 16.5. The molecule has 2 rings (SSSR count). The summed E-state index contributed by atoms with van der Waals surface area (Å²) in [6.07, 6.45) is 2.70. The highest BCUT2D eigenvalue weighted by molar-refractivity contribution is 5.49. The molecule has 0 aliphatic carbocycles. The first-order valence-corrected chi connectivity index (χ1v) is 9.39. The molecule has 0 bridgehead atoms. The lowest BCUT2D eigenvalue weighted by Gasteiger charge is -2.28. The maximum Gasteiger partial charge on any atom is 0.123 e. The quantitative estimate of drug-likeness (QED) is 0.794. The van der Waals surface area contributed by atoms with Crippen molar-refractivity contribution >= 4 is 0 Å². The van der Waals surface area contributed by atoms with Crippen molar-refractivity contribution in [3.05, 3.63) is 28.8 Å². The molecule has 1 aliphatic rings. The first kappa shape index (κ1) is 19.3. The Morgan fingerprint density at radius 2 is 1.46 bits per heavy atom. The van der Waals surface area contributed by atoms with Gasteiger partial charge in [0, 0.05) is 19.6 Å². The van der Waals surface area contributed by atoms with Crippen LogP contribution in [0.5, 0.6) is 5.75 Å². The molecule has 1 aromatic rings. The van der Waals surface area contributed by atoms with Gasteiger partial charge < -0.3 is 15.3 Å². The molecule has 0 saturated carbocycles. The van der Waals surface area contributed by atoms with E-state index in [1.165, 1.54) is 31.5 Å². The van der Waals surface area contributed by atoms with Crippen LogP contribution in [0.2, 0.25) is 0 Å². The van der Waals surface area contributed by atoms with Crippen molar-refractivity contribution in [1.82, 2.24) is 10.2 Å². The molecule has 0 spiro atoms. The number of rotatable bonds is 5. The summed E-state index contributed by atoms with van der Waals surface area (Å²) in [5, 5.41) is 14.4. The van der Waals surface area contributed by atoms with Crippen molar-refractivity contribution in [2.24, 2.45) is 0 Å². The third-order valence-electron chi connectivity index (χ3n) is 4.92. The van der Waals surface area contributed by atoms with Gasteiger partial charge >= 0.3 is 0 Å². The van der Waals surface area contributed by atoms with Crippen LogP contribution in [0.15, 0.2) is 12.1 Å². The van der Waals surface area contributed by atoms with Crippen LogP contribution >= 0.6 is 0 Å². The van der Waals surface area contributed by atoms with E-state index in [-0.39, 0.29) is 10.8 Å². The molecule has 0 amide bonds. The van der Waals surface area contributed by atoms with Crippen molar-refractivity contribution in [2.75, 3.05) is 26.2 Å². The topological polar surface area (TPSA) is 35.5 Å². The molecular weight excluding hydrogens is 296 g/mol. The van der Waals surface area contributed by atoms with Crippen molar-refractivity contribution in [3.8, 4) is 5.75 Å². The van der Waals surface area contributed by atoms with Crippen LogP contribution < -0.4 is 5.32 Å². The third kappa shape index (κ3) is 4.97. The lowest BCUT2D eigenvalue weighted by atomic mass is 9.78. The van der Waals surface area contributed by atoms with E-state index in [2.05, 4.69) is 63.9 Å². The lowest BCUT2D eigenvalue weighted by molar-refractivity contribution is 0.335. The summed E-state index contributed by atoms with van der Waals surface area (Å²) in [4.78, 5) is 2.53. The summed E-state index contributed by atoms with van der Waals surface area (Å²) in [6.45, 7) is 18.5. The zero-order valence-electron chi connectivity index (χ0n) is 16.5. The van der Waals surface area contributed by atoms with Crippen LogP contribution in [0.3, 0.4) is 0 Å². The van der Waals surface area contributed by atoms with Gasteiger partial charge in [-0.15, -0.1) is 0 Å². The van der Waals surface area contributed by atoms with Gasteiger partial charge in [0.1, 0.15) is 5.75 Å². The Labute approximate surface area is 148 Å². The normalized spacial score (nSPS) is 16.8. The number of nitrogens with zero attached hydrogens (tertiary/aromatic N) is 1. The van der Waals surface area contributed by atoms with Crippen LogP contribution in [0.1, 0.15) is 71.1 Å². The van der Waals surface area contributed by atoms with Gasteiger partial charge in [0.2, 0.25) is 0 Å². The maximum absolute atomic E-state index is 10.8. The van der Waals surface area contributed by atoms with Gasteiger partial charge in [-0.05, 0) is 53.5 Å². The van der Waals surface area contributed by atoms with E-state index in [1.54, 1.807) is 0 Å². The van der Waals surface area contributed by atoms with E-state index in [0.717, 1.165) is 30.8 Å². The van der Waals surface area contributed by atoms with E-state index >= 15 is 0 Å². The summed E-state index contributed by atoms with van der Waals surface area (Å²) >= 11 is 0. The van der Waals surface area contributed by atoms with Gasteiger partial charge in [0.25, 0.3) is 0 Å². The minimum absolute atomic E-state index is 0.0599. The average Bonchev–Trinajstić information content (AvgIpc) is 2.95. The molecule has 1 saturated heterocycles. The molecule has 136 valence electrons. The molecule has 1 fully saturated rings. The molecule has 3 nitrogen and oxygen atoms in total. The number of phenolic OH excluding ortho intramolecular Hbond substituents is 1. The van der Waals surface area contributed by atoms with Crippen LogP contribution in [-0.4, -0.2) is 36.2 Å². The molecule has 1 heterocycles. The monoisotopic (exact) mass is 332 g/mol. The van der Waals surface area contributed by atoms with Crippen molar-refractivity contribution in [3.63, 3.8) is 0 Å². The Morgan fingerprint density at radius 1 is 0.958 bits per heavy atom. The Hall–Kier alpha value is -1.06. The van der Waals surface area contributed by atoms with E-state index in [9.17, 15) is 5.11 Å². The largest absolute Gasteiger partial charge is 0.507 e. The summed E-state index contributed by atoms with van der Waals surface area (Å²) < 4.78 is 0. The SMILES string of the molecule is CC(C)(C)c1cc(CNCCN2CCCC2)cc(C(C)(C)C)c1O. The summed E-state index contributed by atoms with van der Waals surface area (Å²) in [6, 6.07) is 4.35. The Balaban J connectivity index is 2.10. The first-order valence-electron chi connectivity index (χ1n) is 9.39. The third-order valence-corrected chi connectivity index (χ3v) is 4.92. The molecule has 3 heteroatoms. The second-order valence-corrected chi connectivity index (χ2v) is 9.27. The number of phenols is 1. The van der Waals surface area contributed by atoms with Gasteiger partial charge in [-0.3, -0.25) is 0 Å². The van der Waals surface area contributed by atoms with Crippen LogP contribution in [-0.2, 0) is 17.4 Å². The molecule has 0 radical (unpaired) electrons. The number of aromatic hydroxyl groups is 1. The van der Waals surface area contributed by atoms with Crippen LogP contribution in [0, 0.1) is 0 Å². The summed E-state index contributed by atoms with van der Waals surface area (Å²) in [7, 11) is 0. The maximum atomic E-state index is 10.8. The molecule has 0 atom stereocenters. The smallest absolute Gasteiger partial charge is 0.123 e. The molecule has 24 heavy (non-hydrogen) atoms. The predicted molar refractivity (Wildman–Crippen MR) is 103 cm³/mol. The van der Waals surface area contributed by atoms with Crippen molar-refractivity contribution < 1.29 is 5.11 Å².